The molecule has 1 atom stereocenters. The van der Waals surface area contributed by atoms with Crippen molar-refractivity contribution in [3.8, 4) is 0 Å². The zero-order valence-corrected chi connectivity index (χ0v) is 12.8. The molecule has 3 rings (SSSR count). The van der Waals surface area contributed by atoms with Crippen LogP contribution in [0.4, 0.5) is 4.39 Å². The Balaban J connectivity index is 2.02. The molecular weight excluding hydrogens is 289 g/mol. The fraction of sp³-hybridized carbons (Fsp3) is 0.438. The van der Waals surface area contributed by atoms with Crippen LogP contribution in [0.2, 0.25) is 0 Å². The van der Waals surface area contributed by atoms with Crippen LogP contribution in [0.3, 0.4) is 0 Å². The van der Waals surface area contributed by atoms with Crippen molar-refractivity contribution in [1.29, 1.82) is 0 Å². The average molecular weight is 307 g/mol. The predicted octanol–water partition coefficient (Wildman–Crippen LogP) is 3.97. The summed E-state index contributed by atoms with van der Waals surface area (Å²) in [6.07, 6.45) is 2.33. The van der Waals surface area contributed by atoms with Crippen LogP contribution in [0, 0.1) is 11.7 Å². The Morgan fingerprint density at radius 3 is 3.05 bits per heavy atom. The number of thiophene rings is 1. The first kappa shape index (κ1) is 14.5. The molecule has 1 aliphatic heterocycles. The van der Waals surface area contributed by atoms with Crippen molar-refractivity contribution >= 4 is 27.4 Å². The van der Waals surface area contributed by atoms with E-state index in [2.05, 4.69) is 11.8 Å². The van der Waals surface area contributed by atoms with Gasteiger partial charge in [0.15, 0.2) is 0 Å². The number of carboxylic acids is 1. The predicted molar refractivity (Wildman–Crippen MR) is 82.4 cm³/mol. The normalized spacial score (nSPS) is 20.0. The maximum atomic E-state index is 14.1. The fourth-order valence-electron chi connectivity index (χ4n) is 3.14. The molecule has 1 aromatic heterocycles. The van der Waals surface area contributed by atoms with Crippen molar-refractivity contribution in [3.05, 3.63) is 34.5 Å². The van der Waals surface area contributed by atoms with Crippen molar-refractivity contribution in [2.45, 2.75) is 26.3 Å². The van der Waals surface area contributed by atoms with Crippen molar-refractivity contribution in [3.63, 3.8) is 0 Å². The molecule has 1 saturated heterocycles. The third-order valence-corrected chi connectivity index (χ3v) is 5.27. The smallest absolute Gasteiger partial charge is 0.346 e. The molecule has 5 heteroatoms. The van der Waals surface area contributed by atoms with E-state index in [0.29, 0.717) is 28.1 Å². The summed E-state index contributed by atoms with van der Waals surface area (Å²) in [6, 6.07) is 4.83. The van der Waals surface area contributed by atoms with Crippen LogP contribution in [0.25, 0.3) is 10.1 Å². The molecule has 0 bridgehead atoms. The molecule has 1 aromatic carbocycles. The lowest BCUT2D eigenvalue weighted by Crippen LogP contribution is -2.34. The van der Waals surface area contributed by atoms with Crippen molar-refractivity contribution in [2.24, 2.45) is 5.92 Å². The van der Waals surface area contributed by atoms with Gasteiger partial charge in [-0.05, 0) is 37.4 Å². The molecule has 0 amide bonds. The van der Waals surface area contributed by atoms with Crippen molar-refractivity contribution in [2.75, 3.05) is 13.1 Å². The van der Waals surface area contributed by atoms with Gasteiger partial charge in [0.05, 0.1) is 0 Å². The fourth-order valence-corrected chi connectivity index (χ4v) is 4.21. The van der Waals surface area contributed by atoms with Gasteiger partial charge in [0, 0.05) is 28.7 Å². The van der Waals surface area contributed by atoms with E-state index in [1.165, 1.54) is 23.8 Å². The SMILES string of the molecule is CC1CCCN(Cc2c(C(=O)O)sc3cccc(F)c23)C1. The topological polar surface area (TPSA) is 40.5 Å². The highest BCUT2D eigenvalue weighted by Crippen LogP contribution is 2.34. The van der Waals surface area contributed by atoms with Crippen molar-refractivity contribution < 1.29 is 14.3 Å². The molecule has 0 aliphatic carbocycles. The van der Waals surface area contributed by atoms with E-state index in [0.717, 1.165) is 19.5 Å². The van der Waals surface area contributed by atoms with E-state index in [-0.39, 0.29) is 10.7 Å². The summed E-state index contributed by atoms with van der Waals surface area (Å²) in [5, 5.41) is 9.89. The highest BCUT2D eigenvalue weighted by atomic mass is 32.1. The number of rotatable bonds is 3. The largest absolute Gasteiger partial charge is 0.477 e. The number of aromatic carboxylic acids is 1. The average Bonchev–Trinajstić information content (AvgIpc) is 2.79. The summed E-state index contributed by atoms with van der Waals surface area (Å²) < 4.78 is 14.9. The first-order chi connectivity index (χ1) is 10.1. The maximum absolute atomic E-state index is 14.1. The third-order valence-electron chi connectivity index (χ3n) is 4.08. The number of benzene rings is 1. The van der Waals surface area contributed by atoms with E-state index >= 15 is 0 Å². The lowest BCUT2D eigenvalue weighted by atomic mass is 9.99. The zero-order chi connectivity index (χ0) is 15.0. The number of carboxylic acid groups (broad SMARTS) is 1. The quantitative estimate of drug-likeness (QED) is 0.932. The molecule has 0 radical (unpaired) electrons. The van der Waals surface area contributed by atoms with Gasteiger partial charge >= 0.3 is 5.97 Å². The number of hydrogen-bond donors (Lipinski definition) is 1. The third kappa shape index (κ3) is 2.80. The first-order valence-corrected chi connectivity index (χ1v) is 8.03. The molecule has 112 valence electrons. The second kappa shape index (κ2) is 5.73. The van der Waals surface area contributed by atoms with Gasteiger partial charge in [0.25, 0.3) is 0 Å². The van der Waals surface area contributed by atoms with E-state index < -0.39 is 5.97 Å². The van der Waals surface area contributed by atoms with Crippen LogP contribution in [0.5, 0.6) is 0 Å². The molecule has 2 heterocycles. The summed E-state index contributed by atoms with van der Waals surface area (Å²) >= 11 is 1.17. The van der Waals surface area contributed by atoms with Gasteiger partial charge in [-0.3, -0.25) is 4.90 Å². The summed E-state index contributed by atoms with van der Waals surface area (Å²) in [7, 11) is 0. The summed E-state index contributed by atoms with van der Waals surface area (Å²) in [5.74, 6) is -0.672. The van der Waals surface area contributed by atoms with Gasteiger partial charge in [-0.15, -0.1) is 11.3 Å². The number of likely N-dealkylation sites (tertiary alicyclic amines) is 1. The lowest BCUT2D eigenvalue weighted by Gasteiger charge is -2.30. The van der Waals surface area contributed by atoms with E-state index in [1.807, 2.05) is 0 Å². The van der Waals surface area contributed by atoms with Gasteiger partial charge in [-0.1, -0.05) is 13.0 Å². The monoisotopic (exact) mass is 307 g/mol. The van der Waals surface area contributed by atoms with Crippen LogP contribution in [-0.4, -0.2) is 29.1 Å². The Labute approximate surface area is 127 Å². The molecule has 1 aliphatic rings. The second-order valence-electron chi connectivity index (χ2n) is 5.81. The van der Waals surface area contributed by atoms with Crippen LogP contribution >= 0.6 is 11.3 Å². The summed E-state index contributed by atoms with van der Waals surface area (Å²) in [6.45, 7) is 4.63. The van der Waals surface area contributed by atoms with Gasteiger partial charge in [-0.25, -0.2) is 9.18 Å². The van der Waals surface area contributed by atoms with E-state index in [4.69, 9.17) is 0 Å². The van der Waals surface area contributed by atoms with Gasteiger partial charge in [0.1, 0.15) is 10.7 Å². The highest BCUT2D eigenvalue weighted by molar-refractivity contribution is 7.21. The van der Waals surface area contributed by atoms with E-state index in [1.54, 1.807) is 12.1 Å². The van der Waals surface area contributed by atoms with Gasteiger partial charge in [-0.2, -0.15) is 0 Å². The lowest BCUT2D eigenvalue weighted by molar-refractivity contribution is 0.0699. The Morgan fingerprint density at radius 1 is 1.52 bits per heavy atom. The molecule has 1 unspecified atom stereocenters. The standard InChI is InChI=1S/C16H18FNO2S/c1-10-4-3-7-18(8-10)9-11-14-12(17)5-2-6-13(14)21-15(11)16(19)20/h2,5-6,10H,3-4,7-9H2,1H3,(H,19,20). The molecule has 0 spiro atoms. The number of carbonyl (C=O) groups is 1. The Morgan fingerprint density at radius 2 is 2.33 bits per heavy atom. The Bertz CT molecular complexity index is 682. The maximum Gasteiger partial charge on any atom is 0.346 e. The minimum Gasteiger partial charge on any atom is -0.477 e. The number of piperidine rings is 1. The molecule has 1 fully saturated rings. The Kier molecular flexibility index (Phi) is 3.95. The number of fused-ring (bicyclic) bond motifs is 1. The van der Waals surface area contributed by atoms with Crippen LogP contribution in [-0.2, 0) is 6.54 Å². The van der Waals surface area contributed by atoms with E-state index in [9.17, 15) is 14.3 Å². The zero-order valence-electron chi connectivity index (χ0n) is 11.9. The minimum atomic E-state index is -0.962. The number of halogens is 1. The Hall–Kier alpha value is -1.46. The molecule has 3 nitrogen and oxygen atoms in total. The number of nitrogens with zero attached hydrogens (tertiary/aromatic N) is 1. The summed E-state index contributed by atoms with van der Waals surface area (Å²) in [5.41, 5.74) is 0.634. The molecule has 21 heavy (non-hydrogen) atoms. The highest BCUT2D eigenvalue weighted by Gasteiger charge is 2.24. The molecule has 2 aromatic rings. The molecule has 0 saturated carbocycles. The molecular formula is C16H18FNO2S. The van der Waals surface area contributed by atoms with Crippen molar-refractivity contribution in [1.82, 2.24) is 4.90 Å². The van der Waals surface area contributed by atoms with Gasteiger partial charge in [0.2, 0.25) is 0 Å². The second-order valence-corrected chi connectivity index (χ2v) is 6.86. The number of hydrogen-bond acceptors (Lipinski definition) is 3. The van der Waals surface area contributed by atoms with Crippen LogP contribution < -0.4 is 0 Å². The van der Waals surface area contributed by atoms with Crippen LogP contribution in [0.15, 0.2) is 18.2 Å². The summed E-state index contributed by atoms with van der Waals surface area (Å²) in [4.78, 5) is 14.0. The first-order valence-electron chi connectivity index (χ1n) is 7.22. The minimum absolute atomic E-state index is 0.272. The van der Waals surface area contributed by atoms with Crippen LogP contribution in [0.1, 0.15) is 35.0 Å². The molecule has 1 N–H and O–H groups in total. The van der Waals surface area contributed by atoms with Gasteiger partial charge < -0.3 is 5.11 Å².